The first-order valence-electron chi connectivity index (χ1n) is 36.0. The zero-order valence-corrected chi connectivity index (χ0v) is 59.1. The van der Waals surface area contributed by atoms with Crippen LogP contribution in [-0.2, 0) is 62.4 Å². The highest BCUT2D eigenvalue weighted by Gasteiger charge is 2.38. The van der Waals surface area contributed by atoms with Gasteiger partial charge in [0.05, 0.1) is 0 Å². The summed E-state index contributed by atoms with van der Waals surface area (Å²) in [5.74, 6) is -7.23. The SMILES string of the molecule is CC[C@@H](C)[C@@H](NC(=O)OCC1c2ccccc2-c2ccccc21)C(=O)N[C@H](CCCCN)C(=O)N[C@H](Cc1c[nH]c2ccccc12)C(=O)N[C@H](CCCCN)C(=O)N[C@H](Cc1c[nH]c2ccccc12)C(=O)N[C@H](Cc1c[nH]c2ccccc12)C(=O)N[C@H](CCCCN)C(=O)N[C@H](CC(C)C)C(=O)O. The summed E-state index contributed by atoms with van der Waals surface area (Å²) in [7, 11) is 0. The smallest absolute Gasteiger partial charge is 0.407 e. The number of nitrogens with two attached hydrogens (primary N) is 3. The second-order valence-corrected chi connectivity index (χ2v) is 27.3. The minimum absolute atomic E-state index is 0.00325. The van der Waals surface area contributed by atoms with Gasteiger partial charge in [-0.2, -0.15) is 0 Å². The standard InChI is InChI=1S/C78H100N14O11/c1-5-47(4)69(92-78(102)103-45-58-56-27-8-6-25-54(56)55-26-7-9-28-57(55)58)76(99)87-64(34-18-21-37-81)71(94)88-65(39-48-42-82-59-29-13-10-22-51(48)59)73(96)85-62(32-16-19-35-79)70(93)89-67(41-50-44-84-61-31-15-12-24-53(50)61)75(98)90-66(40-49-43-83-60-30-14-11-23-52(49)60)74(97)86-63(33-17-20-36-80)72(95)91-68(77(100)101)38-46(2)3/h6-15,22-31,42-44,46-47,58,62-69,82-84H,5,16-21,32-41,45,79-81H2,1-4H3,(H,85,96)(H,86,97)(H,87,99)(H,88,94)(H,89,93)(H,90,98)(H,91,95)(H,92,102)(H,100,101)/t47-,62-,63-,64-,65-,66-,67-,68-,69-/m1/s1. The molecule has 0 saturated heterocycles. The molecule has 0 saturated carbocycles. The Labute approximate surface area is 599 Å². The number of benzene rings is 5. The number of amides is 8. The second kappa shape index (κ2) is 37.5. The van der Waals surface area contributed by atoms with Crippen molar-refractivity contribution in [1.82, 2.24) is 57.5 Å². The molecule has 9 atom stereocenters. The quantitative estimate of drug-likeness (QED) is 0.0172. The van der Waals surface area contributed by atoms with Crippen LogP contribution in [0.5, 0.6) is 0 Å². The fourth-order valence-corrected chi connectivity index (χ4v) is 13.5. The number of H-pyrrole nitrogens is 3. The largest absolute Gasteiger partial charge is 0.480 e. The molecule has 3 aromatic heterocycles. The number of carbonyl (C=O) groups is 9. The number of rotatable bonds is 40. The van der Waals surface area contributed by atoms with Gasteiger partial charge in [0, 0.05) is 76.5 Å². The van der Waals surface area contributed by atoms with Crippen LogP contribution < -0.4 is 59.7 Å². The Morgan fingerprint density at radius 3 is 1.12 bits per heavy atom. The van der Waals surface area contributed by atoms with Gasteiger partial charge in [-0.15, -0.1) is 0 Å². The van der Waals surface area contributed by atoms with Gasteiger partial charge >= 0.3 is 12.1 Å². The van der Waals surface area contributed by atoms with Crippen LogP contribution in [0.4, 0.5) is 4.79 Å². The molecule has 8 amide bonds. The zero-order valence-electron chi connectivity index (χ0n) is 59.1. The summed E-state index contributed by atoms with van der Waals surface area (Å²) in [4.78, 5) is 141. The highest BCUT2D eigenvalue weighted by molar-refractivity contribution is 5.99. The number of fused-ring (bicyclic) bond motifs is 6. The summed E-state index contributed by atoms with van der Waals surface area (Å²) in [6, 6.07) is 27.6. The van der Waals surface area contributed by atoms with E-state index in [0.29, 0.717) is 74.7 Å². The zero-order chi connectivity index (χ0) is 73.5. The fourth-order valence-electron chi connectivity index (χ4n) is 13.5. The Bertz CT molecular complexity index is 4180. The summed E-state index contributed by atoms with van der Waals surface area (Å²) in [6.07, 6.45) is 7.38. The molecule has 0 radical (unpaired) electrons. The Balaban J connectivity index is 0.986. The second-order valence-electron chi connectivity index (χ2n) is 27.3. The molecule has 18 N–H and O–H groups in total. The maximum Gasteiger partial charge on any atom is 0.407 e. The molecule has 0 unspecified atom stereocenters. The maximum atomic E-state index is 15.5. The number of carbonyl (C=O) groups excluding carboxylic acids is 8. The molecule has 548 valence electrons. The summed E-state index contributed by atoms with van der Waals surface area (Å²) in [5, 5.41) is 35.3. The number of unbranched alkanes of at least 4 members (excludes halogenated alkanes) is 3. The molecular weight excluding hydrogens is 1310 g/mol. The first-order chi connectivity index (χ1) is 49.8. The van der Waals surface area contributed by atoms with Gasteiger partial charge in [0.15, 0.2) is 0 Å². The molecule has 0 bridgehead atoms. The Kier molecular flexibility index (Phi) is 28.0. The van der Waals surface area contributed by atoms with Gasteiger partial charge in [0.25, 0.3) is 0 Å². The van der Waals surface area contributed by atoms with E-state index < -0.39 is 108 Å². The van der Waals surface area contributed by atoms with E-state index in [2.05, 4.69) is 57.5 Å². The van der Waals surface area contributed by atoms with E-state index in [4.69, 9.17) is 21.9 Å². The number of hydrogen-bond donors (Lipinski definition) is 15. The number of ether oxygens (including phenoxy) is 1. The third kappa shape index (κ3) is 20.5. The van der Waals surface area contributed by atoms with Crippen LogP contribution in [0.15, 0.2) is 140 Å². The number of carboxylic acids is 1. The number of nitrogens with one attached hydrogen (secondary N) is 11. The Morgan fingerprint density at radius 2 is 0.757 bits per heavy atom. The van der Waals surface area contributed by atoms with Gasteiger partial charge in [0.2, 0.25) is 41.4 Å². The molecule has 9 rings (SSSR count). The van der Waals surface area contributed by atoms with Crippen LogP contribution in [0.2, 0.25) is 0 Å². The lowest BCUT2D eigenvalue weighted by molar-refractivity contribution is -0.143. The minimum atomic E-state index is -1.44. The lowest BCUT2D eigenvalue weighted by Crippen LogP contribution is -2.61. The van der Waals surface area contributed by atoms with E-state index in [0.717, 1.165) is 55.0 Å². The van der Waals surface area contributed by atoms with E-state index in [-0.39, 0.29) is 69.9 Å². The molecule has 25 heteroatoms. The van der Waals surface area contributed by atoms with Gasteiger partial charge < -0.3 is 84.5 Å². The third-order valence-corrected chi connectivity index (χ3v) is 19.4. The van der Waals surface area contributed by atoms with Crippen LogP contribution in [-0.4, -0.2) is 148 Å². The summed E-state index contributed by atoms with van der Waals surface area (Å²) < 4.78 is 5.89. The van der Waals surface area contributed by atoms with Crippen LogP contribution >= 0.6 is 0 Å². The predicted octanol–water partition coefficient (Wildman–Crippen LogP) is 7.02. The van der Waals surface area contributed by atoms with E-state index >= 15 is 24.0 Å². The molecule has 103 heavy (non-hydrogen) atoms. The molecular formula is C78H100N14O11. The van der Waals surface area contributed by atoms with Gasteiger partial charge in [-0.05, 0) is 153 Å². The molecule has 8 aromatic rings. The molecule has 5 aromatic carbocycles. The Hall–Kier alpha value is -10.4. The Morgan fingerprint density at radius 1 is 0.427 bits per heavy atom. The molecule has 1 aliphatic carbocycles. The van der Waals surface area contributed by atoms with Gasteiger partial charge in [-0.25, -0.2) is 9.59 Å². The summed E-state index contributed by atoms with van der Waals surface area (Å²) >= 11 is 0. The molecule has 0 fully saturated rings. The number of aliphatic carboxylic acids is 1. The minimum Gasteiger partial charge on any atom is -0.480 e. The van der Waals surface area contributed by atoms with Crippen molar-refractivity contribution in [2.45, 2.75) is 172 Å². The van der Waals surface area contributed by atoms with Crippen LogP contribution in [0.3, 0.4) is 0 Å². The maximum absolute atomic E-state index is 15.5. The molecule has 25 nitrogen and oxygen atoms in total. The fraction of sp³-hybridized carbons (Fsp3) is 0.423. The van der Waals surface area contributed by atoms with Crippen molar-refractivity contribution in [2.75, 3.05) is 26.2 Å². The van der Waals surface area contributed by atoms with Crippen molar-refractivity contribution < 1.29 is 53.0 Å². The molecule has 0 spiro atoms. The van der Waals surface area contributed by atoms with E-state index in [1.165, 1.54) is 0 Å². The summed E-state index contributed by atoms with van der Waals surface area (Å²) in [6.45, 7) is 8.17. The van der Waals surface area contributed by atoms with Crippen molar-refractivity contribution in [3.8, 4) is 11.1 Å². The van der Waals surface area contributed by atoms with Crippen molar-refractivity contribution in [2.24, 2.45) is 29.0 Å². The van der Waals surface area contributed by atoms with Crippen molar-refractivity contribution in [1.29, 1.82) is 0 Å². The lowest BCUT2D eigenvalue weighted by atomic mass is 9.97. The van der Waals surface area contributed by atoms with E-state index in [1.807, 2.05) is 142 Å². The van der Waals surface area contributed by atoms with Crippen molar-refractivity contribution >= 4 is 86.1 Å². The third-order valence-electron chi connectivity index (χ3n) is 19.4. The van der Waals surface area contributed by atoms with Crippen molar-refractivity contribution in [3.05, 3.63) is 168 Å². The average Bonchev–Trinajstić information content (AvgIpc) is 1.62. The highest BCUT2D eigenvalue weighted by Crippen LogP contribution is 2.44. The molecule has 0 aliphatic heterocycles. The molecule has 1 aliphatic rings. The van der Waals surface area contributed by atoms with Gasteiger partial charge in [-0.1, -0.05) is 137 Å². The first-order valence-corrected chi connectivity index (χ1v) is 36.0. The van der Waals surface area contributed by atoms with Gasteiger partial charge in [0.1, 0.15) is 54.9 Å². The van der Waals surface area contributed by atoms with E-state index in [1.54, 1.807) is 25.5 Å². The predicted molar refractivity (Wildman–Crippen MR) is 397 cm³/mol. The summed E-state index contributed by atoms with van der Waals surface area (Å²) in [5.41, 5.74) is 26.2. The monoisotopic (exact) mass is 1410 g/mol. The van der Waals surface area contributed by atoms with E-state index in [9.17, 15) is 24.3 Å². The van der Waals surface area contributed by atoms with Crippen LogP contribution in [0, 0.1) is 11.8 Å². The number of aromatic amines is 3. The normalized spacial score (nSPS) is 14.6. The molecule has 3 heterocycles. The lowest BCUT2D eigenvalue weighted by Gasteiger charge is -2.29. The van der Waals surface area contributed by atoms with Crippen molar-refractivity contribution in [3.63, 3.8) is 0 Å². The first kappa shape index (κ1) is 76.8. The number of aromatic nitrogens is 3. The average molecular weight is 1410 g/mol. The van der Waals surface area contributed by atoms with Gasteiger partial charge in [-0.3, -0.25) is 33.6 Å². The number of para-hydroxylation sites is 3. The van der Waals surface area contributed by atoms with Crippen LogP contribution in [0.1, 0.15) is 132 Å². The van der Waals surface area contributed by atoms with Crippen LogP contribution in [0.25, 0.3) is 43.8 Å². The highest BCUT2D eigenvalue weighted by atomic mass is 16.5. The number of hydrogen-bond acceptors (Lipinski definition) is 13. The number of alkyl carbamates (subject to hydrolysis) is 1. The topological polar surface area (TPSA) is 405 Å². The number of carboxylic acid groups (broad SMARTS) is 1.